The first-order valence-corrected chi connectivity index (χ1v) is 8.61. The molecule has 0 fully saturated rings. The average Bonchev–Trinajstić information content (AvgIpc) is 2.65. The third-order valence-electron chi connectivity index (χ3n) is 3.03. The van der Waals surface area contributed by atoms with Gasteiger partial charge in [-0.3, -0.25) is 4.79 Å². The van der Waals surface area contributed by atoms with Crippen molar-refractivity contribution in [3.8, 4) is 5.75 Å². The number of hydrogen-bond acceptors (Lipinski definition) is 2. The molecule has 2 aromatic rings. The molecule has 0 saturated heterocycles. The van der Waals surface area contributed by atoms with Crippen LogP contribution >= 0.6 is 0 Å². The summed E-state index contributed by atoms with van der Waals surface area (Å²) in [7, 11) is 0. The van der Waals surface area contributed by atoms with Crippen molar-refractivity contribution in [3.63, 3.8) is 0 Å². The molecule has 2 heteroatoms. The fourth-order valence-corrected chi connectivity index (χ4v) is 1.89. The Morgan fingerprint density at radius 1 is 0.958 bits per heavy atom. The van der Waals surface area contributed by atoms with Crippen molar-refractivity contribution in [3.05, 3.63) is 77.9 Å². The first-order valence-electron chi connectivity index (χ1n) is 8.61. The van der Waals surface area contributed by atoms with E-state index in [1.165, 1.54) is 5.56 Å². The van der Waals surface area contributed by atoms with Crippen molar-refractivity contribution in [1.29, 1.82) is 0 Å². The van der Waals surface area contributed by atoms with E-state index >= 15 is 0 Å². The summed E-state index contributed by atoms with van der Waals surface area (Å²) in [6, 6.07) is 15.3. The van der Waals surface area contributed by atoms with Gasteiger partial charge in [-0.15, -0.1) is 0 Å². The second-order valence-electron chi connectivity index (χ2n) is 4.71. The highest BCUT2D eigenvalue weighted by molar-refractivity contribution is 5.97. The summed E-state index contributed by atoms with van der Waals surface area (Å²) in [4.78, 5) is 12.2. The summed E-state index contributed by atoms with van der Waals surface area (Å²) in [6.45, 7) is 14.1. The lowest BCUT2D eigenvalue weighted by Gasteiger charge is -2.05. The largest absolute Gasteiger partial charge is 0.490 e. The highest BCUT2D eigenvalue weighted by Gasteiger charge is 2.07. The number of carbonyl (C=O) groups excluding carboxylic acids is 1. The standard InChI is InChI=1S/C18H18O2.2C2H6/c1-3-12-20-17-10-8-16(9-11-17)18(19)13-15-6-4-14(2)5-7-15;2*1-2/h3-11H,1,12-13H2,2H3;2*1-2H3. The number of rotatable bonds is 6. The van der Waals surface area contributed by atoms with E-state index in [1.54, 1.807) is 18.2 Å². The summed E-state index contributed by atoms with van der Waals surface area (Å²) in [5.41, 5.74) is 2.94. The van der Waals surface area contributed by atoms with Crippen molar-refractivity contribution >= 4 is 5.78 Å². The molecule has 0 N–H and O–H groups in total. The van der Waals surface area contributed by atoms with Crippen LogP contribution in [0, 0.1) is 6.92 Å². The maximum absolute atomic E-state index is 12.2. The van der Waals surface area contributed by atoms with E-state index in [4.69, 9.17) is 4.74 Å². The average molecular weight is 326 g/mol. The first-order chi connectivity index (χ1) is 11.7. The Morgan fingerprint density at radius 3 is 2.00 bits per heavy atom. The van der Waals surface area contributed by atoms with E-state index in [0.29, 0.717) is 18.6 Å². The highest BCUT2D eigenvalue weighted by atomic mass is 16.5. The van der Waals surface area contributed by atoms with Crippen LogP contribution < -0.4 is 4.74 Å². The molecule has 0 atom stereocenters. The Balaban J connectivity index is 0.00000123. The molecule has 0 aliphatic rings. The van der Waals surface area contributed by atoms with Crippen molar-refractivity contribution in [2.75, 3.05) is 6.61 Å². The van der Waals surface area contributed by atoms with Gasteiger partial charge in [0.2, 0.25) is 0 Å². The number of ketones is 1. The lowest BCUT2D eigenvalue weighted by molar-refractivity contribution is 0.0993. The molecule has 0 aliphatic carbocycles. The number of ether oxygens (including phenoxy) is 1. The molecule has 0 spiro atoms. The van der Waals surface area contributed by atoms with Gasteiger partial charge in [-0.2, -0.15) is 0 Å². The van der Waals surface area contributed by atoms with Gasteiger partial charge in [0, 0.05) is 12.0 Å². The summed E-state index contributed by atoms with van der Waals surface area (Å²) in [5, 5.41) is 0. The normalized spacial score (nSPS) is 8.88. The Kier molecular flexibility index (Phi) is 11.8. The van der Waals surface area contributed by atoms with Crippen LogP contribution in [0.15, 0.2) is 61.2 Å². The van der Waals surface area contributed by atoms with Crippen LogP contribution in [0.25, 0.3) is 0 Å². The summed E-state index contributed by atoms with van der Waals surface area (Å²) in [6.07, 6.45) is 2.11. The number of benzene rings is 2. The molecular weight excluding hydrogens is 296 g/mol. The maximum atomic E-state index is 12.2. The van der Waals surface area contributed by atoms with Crippen LogP contribution in [0.1, 0.15) is 49.2 Å². The van der Waals surface area contributed by atoms with E-state index in [2.05, 4.69) is 6.58 Å². The molecule has 0 unspecified atom stereocenters. The SMILES string of the molecule is C=CCOc1ccc(C(=O)Cc2ccc(C)cc2)cc1.CC.CC. The highest BCUT2D eigenvalue weighted by Crippen LogP contribution is 2.14. The Labute approximate surface area is 147 Å². The zero-order chi connectivity index (χ0) is 18.4. The number of Topliss-reactive ketones (excluding diaryl/α,β-unsaturated/α-hetero) is 1. The molecule has 0 aromatic heterocycles. The minimum absolute atomic E-state index is 0.115. The molecule has 2 nitrogen and oxygen atoms in total. The molecule has 0 amide bonds. The topological polar surface area (TPSA) is 26.3 Å². The van der Waals surface area contributed by atoms with E-state index < -0.39 is 0 Å². The van der Waals surface area contributed by atoms with Crippen molar-refractivity contribution in [2.45, 2.75) is 41.0 Å². The van der Waals surface area contributed by atoms with Crippen LogP contribution in [0.2, 0.25) is 0 Å². The van der Waals surface area contributed by atoms with Gasteiger partial charge < -0.3 is 4.74 Å². The molecule has 130 valence electrons. The zero-order valence-corrected chi connectivity index (χ0v) is 15.6. The van der Waals surface area contributed by atoms with Crippen LogP contribution in [0.3, 0.4) is 0 Å². The summed E-state index contributed by atoms with van der Waals surface area (Å²) >= 11 is 0. The van der Waals surface area contributed by atoms with Crippen LogP contribution in [0.5, 0.6) is 5.75 Å². The van der Waals surface area contributed by atoms with E-state index in [9.17, 15) is 4.79 Å². The zero-order valence-electron chi connectivity index (χ0n) is 15.6. The van der Waals surface area contributed by atoms with Gasteiger partial charge in [-0.1, -0.05) is 70.2 Å². The minimum atomic E-state index is 0.115. The number of hydrogen-bond donors (Lipinski definition) is 0. The molecule has 0 heterocycles. The third kappa shape index (κ3) is 7.77. The van der Waals surface area contributed by atoms with Gasteiger partial charge in [-0.05, 0) is 36.8 Å². The first kappa shape index (κ1) is 21.7. The van der Waals surface area contributed by atoms with Crippen molar-refractivity contribution in [1.82, 2.24) is 0 Å². The second-order valence-corrected chi connectivity index (χ2v) is 4.71. The predicted octanol–water partition coefficient (Wildman–Crippen LogP) is 6.04. The fourth-order valence-electron chi connectivity index (χ4n) is 1.89. The van der Waals surface area contributed by atoms with Gasteiger partial charge >= 0.3 is 0 Å². The molecule has 24 heavy (non-hydrogen) atoms. The van der Waals surface area contributed by atoms with Gasteiger partial charge in [0.25, 0.3) is 0 Å². The van der Waals surface area contributed by atoms with E-state index in [-0.39, 0.29) is 5.78 Å². The fraction of sp³-hybridized carbons (Fsp3) is 0.318. The van der Waals surface area contributed by atoms with Gasteiger partial charge in [-0.25, -0.2) is 0 Å². The molecule has 0 aliphatic heterocycles. The van der Waals surface area contributed by atoms with E-state index in [1.807, 2.05) is 71.0 Å². The Hall–Kier alpha value is -2.35. The van der Waals surface area contributed by atoms with Crippen LogP contribution in [0.4, 0.5) is 0 Å². The van der Waals surface area contributed by atoms with E-state index in [0.717, 1.165) is 11.3 Å². The smallest absolute Gasteiger partial charge is 0.167 e. The third-order valence-corrected chi connectivity index (χ3v) is 3.03. The lowest BCUT2D eigenvalue weighted by atomic mass is 10.0. The summed E-state index contributed by atoms with van der Waals surface area (Å²) < 4.78 is 5.39. The molecular formula is C22H30O2. The number of carbonyl (C=O) groups is 1. The van der Waals surface area contributed by atoms with Crippen LogP contribution in [-0.2, 0) is 6.42 Å². The van der Waals surface area contributed by atoms with Gasteiger partial charge in [0.15, 0.2) is 5.78 Å². The Bertz CT molecular complexity index is 580. The monoisotopic (exact) mass is 326 g/mol. The molecule has 0 saturated carbocycles. The van der Waals surface area contributed by atoms with Crippen molar-refractivity contribution < 1.29 is 9.53 Å². The molecule has 2 aromatic carbocycles. The van der Waals surface area contributed by atoms with Crippen LogP contribution in [-0.4, -0.2) is 12.4 Å². The second kappa shape index (κ2) is 13.1. The number of aryl methyl sites for hydroxylation is 1. The molecule has 2 rings (SSSR count). The Morgan fingerprint density at radius 2 is 1.50 bits per heavy atom. The van der Waals surface area contributed by atoms with Crippen molar-refractivity contribution in [2.24, 2.45) is 0 Å². The quantitative estimate of drug-likeness (QED) is 0.478. The lowest BCUT2D eigenvalue weighted by Crippen LogP contribution is -2.03. The molecule has 0 bridgehead atoms. The summed E-state index contributed by atoms with van der Waals surface area (Å²) in [5.74, 6) is 0.862. The molecule has 0 radical (unpaired) electrons. The minimum Gasteiger partial charge on any atom is -0.490 e. The van der Waals surface area contributed by atoms with Gasteiger partial charge in [0.1, 0.15) is 12.4 Å². The van der Waals surface area contributed by atoms with Gasteiger partial charge in [0.05, 0.1) is 0 Å². The predicted molar refractivity (Wildman–Crippen MR) is 104 cm³/mol. The maximum Gasteiger partial charge on any atom is 0.167 e.